The van der Waals surface area contributed by atoms with Crippen LogP contribution in [-0.2, 0) is 23.1 Å². The minimum Gasteiger partial charge on any atom is -0.365 e. The molecule has 1 aromatic rings. The Kier molecular flexibility index (Phi) is 6.14. The van der Waals surface area contributed by atoms with Crippen LogP contribution in [0.4, 0.5) is 0 Å². The second-order valence-corrected chi connectivity index (χ2v) is 6.54. The third-order valence-electron chi connectivity index (χ3n) is 4.30. The summed E-state index contributed by atoms with van der Waals surface area (Å²) in [7, 11) is 1.82. The molecular formula is C15H26N4O2S. The average Bonchev–Trinajstić information content (AvgIpc) is 2.82. The zero-order valence-corrected chi connectivity index (χ0v) is 14.4. The van der Waals surface area contributed by atoms with Gasteiger partial charge in [-0.3, -0.25) is 9.89 Å². The number of aromatic nitrogens is 3. The highest BCUT2D eigenvalue weighted by atomic mass is 32.1. The summed E-state index contributed by atoms with van der Waals surface area (Å²) >= 11 is 5.06. The lowest BCUT2D eigenvalue weighted by Gasteiger charge is -2.29. The second-order valence-electron chi connectivity index (χ2n) is 6.15. The number of carbonyl (C=O) groups is 1. The Bertz CT molecular complexity index is 554. The van der Waals surface area contributed by atoms with E-state index in [1.807, 2.05) is 14.0 Å². The summed E-state index contributed by atoms with van der Waals surface area (Å²) in [6.07, 6.45) is 5.06. The van der Waals surface area contributed by atoms with Crippen LogP contribution in [0.1, 0.15) is 51.8 Å². The summed E-state index contributed by atoms with van der Waals surface area (Å²) in [5.74, 6) is 1.32. The Morgan fingerprint density at radius 1 is 1.59 bits per heavy atom. The van der Waals surface area contributed by atoms with Crippen molar-refractivity contribution in [2.75, 3.05) is 0 Å². The number of ether oxygens (including phenoxy) is 1. The van der Waals surface area contributed by atoms with Gasteiger partial charge in [0.2, 0.25) is 5.91 Å². The summed E-state index contributed by atoms with van der Waals surface area (Å²) in [5, 5.41) is 9.69. The Labute approximate surface area is 136 Å². The van der Waals surface area contributed by atoms with Gasteiger partial charge in [-0.1, -0.05) is 26.7 Å². The number of nitrogens with one attached hydrogen (secondary N) is 2. The topological polar surface area (TPSA) is 71.9 Å². The van der Waals surface area contributed by atoms with E-state index in [2.05, 4.69) is 22.4 Å². The molecule has 0 saturated heterocycles. The normalized spacial score (nSPS) is 23.2. The molecule has 2 N–H and O–H groups in total. The molecule has 7 heteroatoms. The molecule has 2 rings (SSSR count). The van der Waals surface area contributed by atoms with Crippen LogP contribution in [0, 0.1) is 10.7 Å². The fourth-order valence-corrected chi connectivity index (χ4v) is 3.05. The maximum Gasteiger partial charge on any atom is 0.249 e. The molecule has 1 saturated carbocycles. The van der Waals surface area contributed by atoms with Crippen molar-refractivity contribution in [2.24, 2.45) is 13.0 Å². The highest BCUT2D eigenvalue weighted by Gasteiger charge is 2.25. The summed E-state index contributed by atoms with van der Waals surface area (Å²) in [4.78, 5) is 12.3. The Morgan fingerprint density at radius 2 is 2.36 bits per heavy atom. The van der Waals surface area contributed by atoms with Crippen molar-refractivity contribution in [2.45, 2.75) is 64.7 Å². The summed E-state index contributed by atoms with van der Waals surface area (Å²) in [5.41, 5.74) is 0. The van der Waals surface area contributed by atoms with Crippen LogP contribution < -0.4 is 5.32 Å². The number of amides is 1. The number of hydrogen-bond donors (Lipinski definition) is 2. The lowest BCUT2D eigenvalue weighted by Crippen LogP contribution is -2.39. The zero-order chi connectivity index (χ0) is 16.1. The van der Waals surface area contributed by atoms with Crippen LogP contribution in [0.5, 0.6) is 0 Å². The van der Waals surface area contributed by atoms with E-state index in [0.29, 0.717) is 29.5 Å². The fourth-order valence-electron chi connectivity index (χ4n) is 2.90. The molecule has 1 amide bonds. The summed E-state index contributed by atoms with van der Waals surface area (Å²) in [6.45, 7) is 4.58. The number of aromatic amines is 1. The maximum absolute atomic E-state index is 12.3. The van der Waals surface area contributed by atoms with Gasteiger partial charge in [0.15, 0.2) is 10.6 Å². The first-order valence-electron chi connectivity index (χ1n) is 8.04. The van der Waals surface area contributed by atoms with E-state index in [1.54, 1.807) is 4.57 Å². The third-order valence-corrected chi connectivity index (χ3v) is 4.67. The molecule has 0 spiro atoms. The molecule has 1 aromatic heterocycles. The van der Waals surface area contributed by atoms with Gasteiger partial charge in [-0.2, -0.15) is 5.10 Å². The molecule has 22 heavy (non-hydrogen) atoms. The smallest absolute Gasteiger partial charge is 0.249 e. The molecule has 1 aliphatic rings. The fraction of sp³-hybridized carbons (Fsp3) is 0.800. The molecule has 6 nitrogen and oxygen atoms in total. The van der Waals surface area contributed by atoms with E-state index in [1.165, 1.54) is 12.8 Å². The van der Waals surface area contributed by atoms with Crippen molar-refractivity contribution in [3.8, 4) is 0 Å². The Hall–Kier alpha value is -1.21. The van der Waals surface area contributed by atoms with Gasteiger partial charge >= 0.3 is 0 Å². The van der Waals surface area contributed by atoms with E-state index in [-0.39, 0.29) is 18.1 Å². The van der Waals surface area contributed by atoms with Gasteiger partial charge in [-0.05, 0) is 37.4 Å². The van der Waals surface area contributed by atoms with E-state index in [4.69, 9.17) is 17.0 Å². The van der Waals surface area contributed by atoms with Gasteiger partial charge < -0.3 is 14.6 Å². The summed E-state index contributed by atoms with van der Waals surface area (Å²) < 4.78 is 8.32. The summed E-state index contributed by atoms with van der Waals surface area (Å²) in [6, 6.07) is 0. The Morgan fingerprint density at radius 3 is 2.95 bits per heavy atom. The number of rotatable bonds is 6. The predicted molar refractivity (Wildman–Crippen MR) is 86.8 cm³/mol. The van der Waals surface area contributed by atoms with Crippen molar-refractivity contribution in [3.05, 3.63) is 10.6 Å². The van der Waals surface area contributed by atoms with E-state index in [9.17, 15) is 4.79 Å². The monoisotopic (exact) mass is 326 g/mol. The minimum absolute atomic E-state index is 0.0744. The van der Waals surface area contributed by atoms with Crippen LogP contribution in [0.3, 0.4) is 0 Å². The minimum atomic E-state index is -0.387. The molecule has 124 valence electrons. The molecule has 0 bridgehead atoms. The van der Waals surface area contributed by atoms with Crippen molar-refractivity contribution in [1.82, 2.24) is 20.1 Å². The molecular weight excluding hydrogens is 300 g/mol. The van der Waals surface area contributed by atoms with E-state index < -0.39 is 0 Å². The number of H-pyrrole nitrogens is 1. The van der Waals surface area contributed by atoms with Crippen LogP contribution >= 0.6 is 12.2 Å². The van der Waals surface area contributed by atoms with Crippen molar-refractivity contribution < 1.29 is 9.53 Å². The highest BCUT2D eigenvalue weighted by Crippen LogP contribution is 2.26. The van der Waals surface area contributed by atoms with Gasteiger partial charge in [0, 0.05) is 7.05 Å². The first-order chi connectivity index (χ1) is 10.5. The standard InChI is InChI=1S/C15H26N4O2S/c1-4-12(21-11-7-5-6-10(2)8-11)14(20)16-9-13-17-18-15(22)19(13)3/h10-12H,4-9H2,1-3H3,(H,16,20)(H,18,22)/t10-,11+,12+/m1/s1. The first kappa shape index (κ1) is 17.1. The predicted octanol–water partition coefficient (Wildman–Crippen LogP) is 2.47. The van der Waals surface area contributed by atoms with Gasteiger partial charge in [-0.15, -0.1) is 0 Å². The largest absolute Gasteiger partial charge is 0.365 e. The SMILES string of the molecule is CC[C@H](O[C@H]1CCC[C@@H](C)C1)C(=O)NCc1n[nH]c(=S)n1C. The van der Waals surface area contributed by atoms with Crippen LogP contribution in [0.25, 0.3) is 0 Å². The maximum atomic E-state index is 12.3. The van der Waals surface area contributed by atoms with Crippen LogP contribution in [0.15, 0.2) is 0 Å². The van der Waals surface area contributed by atoms with E-state index >= 15 is 0 Å². The van der Waals surface area contributed by atoms with Crippen LogP contribution in [0.2, 0.25) is 0 Å². The lowest BCUT2D eigenvalue weighted by atomic mass is 9.88. The second kappa shape index (κ2) is 7.87. The van der Waals surface area contributed by atoms with Gasteiger partial charge in [0.1, 0.15) is 6.10 Å². The van der Waals surface area contributed by atoms with Gasteiger partial charge in [-0.25, -0.2) is 0 Å². The molecule has 0 radical (unpaired) electrons. The van der Waals surface area contributed by atoms with Crippen molar-refractivity contribution in [1.29, 1.82) is 0 Å². The third kappa shape index (κ3) is 4.39. The quantitative estimate of drug-likeness (QED) is 0.788. The van der Waals surface area contributed by atoms with E-state index in [0.717, 1.165) is 12.8 Å². The van der Waals surface area contributed by atoms with Gasteiger partial charge in [0.05, 0.1) is 12.6 Å². The highest BCUT2D eigenvalue weighted by molar-refractivity contribution is 7.71. The zero-order valence-electron chi connectivity index (χ0n) is 13.6. The lowest BCUT2D eigenvalue weighted by molar-refractivity contribution is -0.139. The average molecular weight is 326 g/mol. The number of hydrogen-bond acceptors (Lipinski definition) is 4. The molecule has 0 aliphatic heterocycles. The number of carbonyl (C=O) groups excluding carboxylic acids is 1. The number of nitrogens with zero attached hydrogens (tertiary/aromatic N) is 2. The molecule has 1 aliphatic carbocycles. The van der Waals surface area contributed by atoms with Crippen LogP contribution in [-0.4, -0.2) is 32.9 Å². The Balaban J connectivity index is 1.86. The molecule has 0 aromatic carbocycles. The van der Waals surface area contributed by atoms with Gasteiger partial charge in [0.25, 0.3) is 0 Å². The molecule has 1 heterocycles. The van der Waals surface area contributed by atoms with Crippen molar-refractivity contribution >= 4 is 18.1 Å². The molecule has 1 fully saturated rings. The molecule has 3 atom stereocenters. The molecule has 0 unspecified atom stereocenters. The first-order valence-corrected chi connectivity index (χ1v) is 8.45. The van der Waals surface area contributed by atoms with Crippen molar-refractivity contribution in [3.63, 3.8) is 0 Å².